The van der Waals surface area contributed by atoms with Gasteiger partial charge in [-0.2, -0.15) is 0 Å². The van der Waals surface area contributed by atoms with E-state index in [-0.39, 0.29) is 24.5 Å². The van der Waals surface area contributed by atoms with Crippen molar-refractivity contribution in [3.05, 3.63) is 53.9 Å². The summed E-state index contributed by atoms with van der Waals surface area (Å²) >= 11 is 0. The Morgan fingerprint density at radius 2 is 2.21 bits per heavy atom. The van der Waals surface area contributed by atoms with Crippen molar-refractivity contribution in [1.82, 2.24) is 10.3 Å². The van der Waals surface area contributed by atoms with Gasteiger partial charge in [0, 0.05) is 18.3 Å². The number of pyridine rings is 1. The normalized spacial score (nSPS) is 14.3. The standard InChI is InChI=1S/C18H19N3O3/c1-12(15-4-2-3-9-19-15)20-18(23)11-24-14-6-7-16-13(10-14)5-8-17(22)21-16/h2-4,6-7,9-10,12H,5,8,11H2,1H3,(H,20,23)(H,21,22). The van der Waals surface area contributed by atoms with E-state index >= 15 is 0 Å². The molecule has 24 heavy (non-hydrogen) atoms. The van der Waals surface area contributed by atoms with Crippen molar-refractivity contribution >= 4 is 17.5 Å². The topological polar surface area (TPSA) is 80.3 Å². The molecule has 0 saturated heterocycles. The van der Waals surface area contributed by atoms with Crippen LogP contribution in [0.15, 0.2) is 42.6 Å². The fraction of sp³-hybridized carbons (Fsp3) is 0.278. The zero-order valence-corrected chi connectivity index (χ0v) is 13.4. The first kappa shape index (κ1) is 16.0. The predicted molar refractivity (Wildman–Crippen MR) is 89.7 cm³/mol. The van der Waals surface area contributed by atoms with Gasteiger partial charge in [-0.15, -0.1) is 0 Å². The maximum Gasteiger partial charge on any atom is 0.258 e. The Kier molecular flexibility index (Phi) is 4.74. The number of hydrogen-bond donors (Lipinski definition) is 2. The maximum absolute atomic E-state index is 12.0. The van der Waals surface area contributed by atoms with Gasteiger partial charge in [0.05, 0.1) is 11.7 Å². The summed E-state index contributed by atoms with van der Waals surface area (Å²) in [6, 6.07) is 10.8. The first-order valence-corrected chi connectivity index (χ1v) is 7.87. The highest BCUT2D eigenvalue weighted by atomic mass is 16.5. The number of benzene rings is 1. The monoisotopic (exact) mass is 325 g/mol. The fourth-order valence-electron chi connectivity index (χ4n) is 2.59. The Balaban J connectivity index is 1.54. The van der Waals surface area contributed by atoms with E-state index in [2.05, 4.69) is 15.6 Å². The summed E-state index contributed by atoms with van der Waals surface area (Å²) in [5, 5.41) is 5.67. The summed E-state index contributed by atoms with van der Waals surface area (Å²) < 4.78 is 5.55. The number of fused-ring (bicyclic) bond motifs is 1. The molecule has 1 aliphatic rings. The molecule has 0 radical (unpaired) electrons. The van der Waals surface area contributed by atoms with Crippen LogP contribution in [-0.2, 0) is 16.0 Å². The molecule has 0 spiro atoms. The first-order chi connectivity index (χ1) is 11.6. The zero-order valence-electron chi connectivity index (χ0n) is 13.4. The molecular weight excluding hydrogens is 306 g/mol. The highest BCUT2D eigenvalue weighted by Gasteiger charge is 2.16. The number of nitrogens with one attached hydrogen (secondary N) is 2. The number of nitrogens with zero attached hydrogens (tertiary/aromatic N) is 1. The van der Waals surface area contributed by atoms with E-state index in [9.17, 15) is 9.59 Å². The third-order valence-electron chi connectivity index (χ3n) is 3.85. The van der Waals surface area contributed by atoms with Crippen molar-refractivity contribution in [2.24, 2.45) is 0 Å². The summed E-state index contributed by atoms with van der Waals surface area (Å²) in [6.07, 6.45) is 2.85. The SMILES string of the molecule is CC(NC(=O)COc1ccc2c(c1)CCC(=O)N2)c1ccccn1. The van der Waals surface area contributed by atoms with E-state index in [4.69, 9.17) is 4.74 Å². The number of carbonyl (C=O) groups excluding carboxylic acids is 2. The van der Waals surface area contributed by atoms with Crippen molar-refractivity contribution in [3.63, 3.8) is 0 Å². The number of hydrogen-bond acceptors (Lipinski definition) is 4. The molecule has 3 rings (SSSR count). The predicted octanol–water partition coefficient (Wildman–Crippen LogP) is 2.22. The van der Waals surface area contributed by atoms with E-state index in [1.165, 1.54) is 0 Å². The lowest BCUT2D eigenvalue weighted by atomic mass is 10.0. The van der Waals surface area contributed by atoms with Crippen molar-refractivity contribution in [3.8, 4) is 5.75 Å². The molecule has 0 bridgehead atoms. The Morgan fingerprint density at radius 3 is 3.00 bits per heavy atom. The van der Waals surface area contributed by atoms with Gasteiger partial charge < -0.3 is 15.4 Å². The number of carbonyl (C=O) groups is 2. The van der Waals surface area contributed by atoms with Gasteiger partial charge in [-0.05, 0) is 49.2 Å². The third kappa shape index (κ3) is 3.90. The van der Waals surface area contributed by atoms with Gasteiger partial charge in [0.25, 0.3) is 5.91 Å². The van der Waals surface area contributed by atoms with E-state index in [1.54, 1.807) is 18.3 Å². The maximum atomic E-state index is 12.0. The van der Waals surface area contributed by atoms with E-state index in [0.717, 1.165) is 16.9 Å². The molecule has 1 atom stereocenters. The number of ether oxygens (including phenoxy) is 1. The van der Waals surface area contributed by atoms with Crippen molar-refractivity contribution < 1.29 is 14.3 Å². The molecule has 2 aromatic rings. The molecule has 2 N–H and O–H groups in total. The minimum absolute atomic E-state index is 0.0269. The molecule has 124 valence electrons. The third-order valence-corrected chi connectivity index (χ3v) is 3.85. The van der Waals surface area contributed by atoms with Gasteiger partial charge in [0.15, 0.2) is 6.61 Å². The Morgan fingerprint density at radius 1 is 1.33 bits per heavy atom. The van der Waals surface area contributed by atoms with Crippen molar-refractivity contribution in [2.45, 2.75) is 25.8 Å². The largest absolute Gasteiger partial charge is 0.484 e. The lowest BCUT2D eigenvalue weighted by molar-refractivity contribution is -0.123. The van der Waals surface area contributed by atoms with Gasteiger partial charge in [0.1, 0.15) is 5.75 Å². The first-order valence-electron chi connectivity index (χ1n) is 7.87. The fourth-order valence-corrected chi connectivity index (χ4v) is 2.59. The molecule has 6 heteroatoms. The van der Waals surface area contributed by atoms with Crippen LogP contribution in [0.25, 0.3) is 0 Å². The molecule has 0 saturated carbocycles. The smallest absolute Gasteiger partial charge is 0.258 e. The molecule has 6 nitrogen and oxygen atoms in total. The van der Waals surface area contributed by atoms with Crippen LogP contribution in [-0.4, -0.2) is 23.4 Å². The van der Waals surface area contributed by atoms with Gasteiger partial charge in [-0.3, -0.25) is 14.6 Å². The summed E-state index contributed by atoms with van der Waals surface area (Å²) in [4.78, 5) is 27.6. The van der Waals surface area contributed by atoms with Gasteiger partial charge >= 0.3 is 0 Å². The van der Waals surface area contributed by atoms with Gasteiger partial charge in [-0.1, -0.05) is 6.07 Å². The lowest BCUT2D eigenvalue weighted by Gasteiger charge is -2.18. The zero-order chi connectivity index (χ0) is 16.9. The average Bonchev–Trinajstić information content (AvgIpc) is 2.60. The number of anilines is 1. The van der Waals surface area contributed by atoms with Crippen LogP contribution >= 0.6 is 0 Å². The van der Waals surface area contributed by atoms with Crippen LogP contribution in [0.2, 0.25) is 0 Å². The summed E-state index contributed by atoms with van der Waals surface area (Å²) in [7, 11) is 0. The number of rotatable bonds is 5. The minimum atomic E-state index is -0.209. The van der Waals surface area contributed by atoms with Crippen molar-refractivity contribution in [2.75, 3.05) is 11.9 Å². The minimum Gasteiger partial charge on any atom is -0.484 e. The highest BCUT2D eigenvalue weighted by Crippen LogP contribution is 2.26. The molecule has 2 heterocycles. The van der Waals surface area contributed by atoms with Gasteiger partial charge in [-0.25, -0.2) is 0 Å². The van der Waals surface area contributed by atoms with Crippen LogP contribution in [0.1, 0.15) is 30.6 Å². The second kappa shape index (κ2) is 7.12. The molecule has 0 fully saturated rings. The van der Waals surface area contributed by atoms with Crippen LogP contribution < -0.4 is 15.4 Å². The summed E-state index contributed by atoms with van der Waals surface area (Å²) in [5.41, 5.74) is 2.64. The summed E-state index contributed by atoms with van der Waals surface area (Å²) in [6.45, 7) is 1.81. The van der Waals surface area contributed by atoms with Crippen LogP contribution in [0, 0.1) is 0 Å². The molecule has 1 aliphatic heterocycles. The lowest BCUT2D eigenvalue weighted by Crippen LogP contribution is -2.31. The number of aryl methyl sites for hydroxylation is 1. The molecule has 1 unspecified atom stereocenters. The van der Waals surface area contributed by atoms with E-state index in [0.29, 0.717) is 18.6 Å². The van der Waals surface area contributed by atoms with Gasteiger partial charge in [0.2, 0.25) is 5.91 Å². The Hall–Kier alpha value is -2.89. The molecule has 0 aliphatic carbocycles. The van der Waals surface area contributed by atoms with Crippen LogP contribution in [0.5, 0.6) is 5.75 Å². The Bertz CT molecular complexity index is 746. The van der Waals surface area contributed by atoms with E-state index in [1.807, 2.05) is 31.2 Å². The molecule has 2 amide bonds. The number of amides is 2. The second-order valence-corrected chi connectivity index (χ2v) is 5.70. The Labute approximate surface area is 140 Å². The molecule has 1 aromatic heterocycles. The van der Waals surface area contributed by atoms with Crippen LogP contribution in [0.3, 0.4) is 0 Å². The second-order valence-electron chi connectivity index (χ2n) is 5.70. The van der Waals surface area contributed by atoms with Crippen LogP contribution in [0.4, 0.5) is 5.69 Å². The highest BCUT2D eigenvalue weighted by molar-refractivity contribution is 5.94. The van der Waals surface area contributed by atoms with Crippen molar-refractivity contribution in [1.29, 1.82) is 0 Å². The average molecular weight is 325 g/mol. The number of aromatic nitrogens is 1. The quantitative estimate of drug-likeness (QED) is 0.883. The van der Waals surface area contributed by atoms with E-state index < -0.39 is 0 Å². The molecular formula is C18H19N3O3. The molecule has 1 aromatic carbocycles. The summed E-state index contributed by atoms with van der Waals surface area (Å²) in [5.74, 6) is 0.434.